The monoisotopic (exact) mass is 184 g/mol. The summed E-state index contributed by atoms with van der Waals surface area (Å²) in [5.41, 5.74) is 8.88. The third kappa shape index (κ3) is 9.75. The largest absolute Gasteiger partial charge is 0.351 e. The molecule has 0 aliphatic heterocycles. The summed E-state index contributed by atoms with van der Waals surface area (Å²) in [7, 11) is 0. The number of carbonyl (C=O) groups excluding carboxylic acids is 2. The number of aromatic nitrogens is 3. The van der Waals surface area contributed by atoms with E-state index in [2.05, 4.69) is 26.9 Å². The lowest BCUT2D eigenvalue weighted by Crippen LogP contribution is -2.38. The van der Waals surface area contributed by atoms with Gasteiger partial charge in [-0.15, -0.1) is 10.2 Å². The molecule has 0 fully saturated rings. The Bertz CT molecular complexity index is 224. The van der Waals surface area contributed by atoms with Crippen LogP contribution in [0.25, 0.3) is 0 Å². The summed E-state index contributed by atoms with van der Waals surface area (Å²) >= 11 is 0. The molecule has 8 nitrogen and oxygen atoms in total. The van der Waals surface area contributed by atoms with E-state index in [1.807, 2.05) is 0 Å². The topological polar surface area (TPSA) is 137 Å². The number of rotatable bonds is 0. The van der Waals surface area contributed by atoms with Crippen molar-refractivity contribution < 1.29 is 9.59 Å². The number of nitrogens with one attached hydrogen (secondary N) is 1. The normalized spacial score (nSPS) is 7.69. The number of imide groups is 1. The minimum atomic E-state index is -0.938. The van der Waals surface area contributed by atoms with E-state index < -0.39 is 12.1 Å². The minimum Gasteiger partial charge on any atom is -0.351 e. The fourth-order valence-electron chi connectivity index (χ4n) is 0.326. The zero-order valence-electron chi connectivity index (χ0n) is 6.54. The first-order valence-corrected chi connectivity index (χ1v) is 3.07. The Balaban J connectivity index is 0.000000223. The van der Waals surface area contributed by atoms with Crippen molar-refractivity contribution >= 4 is 12.1 Å². The highest BCUT2D eigenvalue weighted by molar-refractivity contribution is 5.91. The summed E-state index contributed by atoms with van der Waals surface area (Å²) in [6.07, 6.45) is 3.15. The number of hydrogen-bond donors (Lipinski definition) is 3. The first-order chi connectivity index (χ1) is 6.13. The summed E-state index contributed by atoms with van der Waals surface area (Å²) in [6.45, 7) is 0. The van der Waals surface area contributed by atoms with Gasteiger partial charge in [0.2, 0.25) is 0 Å². The molecule has 0 bridgehead atoms. The summed E-state index contributed by atoms with van der Waals surface area (Å²) in [5.74, 6) is 0. The standard InChI is InChI=1S/C3H3N3.C2H5N3O2/c1-2-4-6-5-3-1;3-1(6)5-2(4)7/h1-3H;(H5,3,4,5,6,7). The van der Waals surface area contributed by atoms with Gasteiger partial charge in [0, 0.05) is 0 Å². The van der Waals surface area contributed by atoms with Crippen LogP contribution in [0.1, 0.15) is 0 Å². The number of carbonyl (C=O) groups is 2. The molecular formula is C5H8N6O2. The van der Waals surface area contributed by atoms with E-state index in [1.165, 1.54) is 0 Å². The van der Waals surface area contributed by atoms with Crippen LogP contribution >= 0.6 is 0 Å². The van der Waals surface area contributed by atoms with Crippen molar-refractivity contribution in [1.29, 1.82) is 0 Å². The van der Waals surface area contributed by atoms with Crippen LogP contribution in [-0.2, 0) is 0 Å². The van der Waals surface area contributed by atoms with E-state index in [1.54, 1.807) is 23.8 Å². The molecule has 1 aromatic heterocycles. The first-order valence-electron chi connectivity index (χ1n) is 3.07. The van der Waals surface area contributed by atoms with Crippen LogP contribution in [0.4, 0.5) is 9.59 Å². The van der Waals surface area contributed by atoms with Gasteiger partial charge in [0.05, 0.1) is 12.4 Å². The molecule has 0 radical (unpaired) electrons. The molecule has 1 aromatic rings. The summed E-state index contributed by atoms with van der Waals surface area (Å²) in [4.78, 5) is 19.2. The highest BCUT2D eigenvalue weighted by atomic mass is 16.2. The number of nitrogens with zero attached hydrogens (tertiary/aromatic N) is 3. The van der Waals surface area contributed by atoms with Gasteiger partial charge in [-0.2, -0.15) is 0 Å². The molecule has 1 heterocycles. The molecule has 0 aliphatic rings. The average Bonchev–Trinajstić information content (AvgIpc) is 2.06. The quantitative estimate of drug-likeness (QED) is 0.455. The number of nitrogens with two attached hydrogens (primary N) is 2. The van der Waals surface area contributed by atoms with E-state index in [9.17, 15) is 9.59 Å². The summed E-state index contributed by atoms with van der Waals surface area (Å²) in [6, 6.07) is -0.160. The molecule has 0 aliphatic carbocycles. The maximum absolute atomic E-state index is 9.62. The van der Waals surface area contributed by atoms with Crippen molar-refractivity contribution in [3.8, 4) is 0 Å². The zero-order valence-corrected chi connectivity index (χ0v) is 6.54. The number of amides is 4. The van der Waals surface area contributed by atoms with Gasteiger partial charge >= 0.3 is 12.1 Å². The second kappa shape index (κ2) is 6.46. The van der Waals surface area contributed by atoms with Crippen molar-refractivity contribution in [2.75, 3.05) is 0 Å². The van der Waals surface area contributed by atoms with E-state index in [-0.39, 0.29) is 0 Å². The third-order valence-electron chi connectivity index (χ3n) is 0.655. The summed E-state index contributed by atoms with van der Waals surface area (Å²) in [5, 5.41) is 11.7. The summed E-state index contributed by atoms with van der Waals surface area (Å²) < 4.78 is 0. The average molecular weight is 184 g/mol. The van der Waals surface area contributed by atoms with Gasteiger partial charge in [-0.3, -0.25) is 5.32 Å². The first kappa shape index (κ1) is 10.8. The van der Waals surface area contributed by atoms with E-state index in [0.717, 1.165) is 0 Å². The zero-order chi connectivity index (χ0) is 10.1. The van der Waals surface area contributed by atoms with Crippen LogP contribution in [0.15, 0.2) is 18.5 Å². The van der Waals surface area contributed by atoms with Gasteiger partial charge in [0.1, 0.15) is 0 Å². The molecular weight excluding hydrogens is 176 g/mol. The Labute approximate surface area is 73.3 Å². The Morgan fingerprint density at radius 2 is 1.54 bits per heavy atom. The molecule has 13 heavy (non-hydrogen) atoms. The predicted molar refractivity (Wildman–Crippen MR) is 42.1 cm³/mol. The highest BCUT2D eigenvalue weighted by Crippen LogP contribution is 1.61. The van der Waals surface area contributed by atoms with Crippen molar-refractivity contribution in [1.82, 2.24) is 20.7 Å². The lowest BCUT2D eigenvalue weighted by atomic mass is 10.7. The third-order valence-corrected chi connectivity index (χ3v) is 0.655. The molecule has 0 spiro atoms. The molecule has 4 amide bonds. The number of hydrogen-bond acceptors (Lipinski definition) is 5. The van der Waals surface area contributed by atoms with Crippen LogP contribution in [0.3, 0.4) is 0 Å². The minimum absolute atomic E-state index is 0.937. The second-order valence-electron chi connectivity index (χ2n) is 1.66. The van der Waals surface area contributed by atoms with E-state index in [0.29, 0.717) is 0 Å². The maximum Gasteiger partial charge on any atom is 0.320 e. The highest BCUT2D eigenvalue weighted by Gasteiger charge is 1.92. The van der Waals surface area contributed by atoms with Crippen LogP contribution in [0.2, 0.25) is 0 Å². The maximum atomic E-state index is 9.62. The molecule has 0 unspecified atom stereocenters. The fraction of sp³-hybridized carbons (Fsp3) is 0. The van der Waals surface area contributed by atoms with E-state index in [4.69, 9.17) is 0 Å². The Hall–Kier alpha value is -2.25. The Morgan fingerprint density at radius 3 is 1.62 bits per heavy atom. The second-order valence-corrected chi connectivity index (χ2v) is 1.66. The van der Waals surface area contributed by atoms with Crippen molar-refractivity contribution in [2.45, 2.75) is 0 Å². The number of primary amides is 2. The molecule has 0 aromatic carbocycles. The van der Waals surface area contributed by atoms with Crippen molar-refractivity contribution in [2.24, 2.45) is 11.5 Å². The molecule has 0 atom stereocenters. The van der Waals surface area contributed by atoms with Gasteiger partial charge < -0.3 is 11.5 Å². The fourth-order valence-corrected chi connectivity index (χ4v) is 0.326. The Kier molecular flexibility index (Phi) is 5.34. The van der Waals surface area contributed by atoms with Crippen molar-refractivity contribution in [3.63, 3.8) is 0 Å². The van der Waals surface area contributed by atoms with Crippen molar-refractivity contribution in [3.05, 3.63) is 18.5 Å². The van der Waals surface area contributed by atoms with Gasteiger partial charge in [0.15, 0.2) is 0 Å². The lowest BCUT2D eigenvalue weighted by molar-refractivity contribution is 0.236. The molecule has 8 heteroatoms. The van der Waals surface area contributed by atoms with Crippen LogP contribution in [-0.4, -0.2) is 27.5 Å². The number of urea groups is 2. The van der Waals surface area contributed by atoms with Gasteiger partial charge in [-0.05, 0) is 11.3 Å². The lowest BCUT2D eigenvalue weighted by Gasteiger charge is -1.88. The van der Waals surface area contributed by atoms with Gasteiger partial charge in [0.25, 0.3) is 0 Å². The van der Waals surface area contributed by atoms with Gasteiger partial charge in [-0.1, -0.05) is 0 Å². The van der Waals surface area contributed by atoms with Crippen LogP contribution in [0.5, 0.6) is 0 Å². The van der Waals surface area contributed by atoms with Crippen LogP contribution in [0, 0.1) is 0 Å². The molecule has 70 valence electrons. The molecule has 0 saturated carbocycles. The molecule has 1 rings (SSSR count). The van der Waals surface area contributed by atoms with E-state index >= 15 is 0 Å². The molecule has 0 saturated heterocycles. The smallest absolute Gasteiger partial charge is 0.320 e. The van der Waals surface area contributed by atoms with Gasteiger partial charge in [-0.25, -0.2) is 9.59 Å². The molecule has 5 N–H and O–H groups in total. The predicted octanol–water partition coefficient (Wildman–Crippen LogP) is -1.40. The van der Waals surface area contributed by atoms with Crippen LogP contribution < -0.4 is 16.8 Å². The Morgan fingerprint density at radius 1 is 1.08 bits per heavy atom. The SMILES string of the molecule is NC(=O)NC(N)=O.c1cnnnc1.